The molecule has 1 heterocycles. The largest absolute Gasteiger partial charge is 0.476 e. The first-order valence-electron chi connectivity index (χ1n) is 6.30. The third-order valence-corrected chi connectivity index (χ3v) is 3.43. The van der Waals surface area contributed by atoms with E-state index in [1.165, 1.54) is 11.1 Å². The van der Waals surface area contributed by atoms with Crippen molar-refractivity contribution < 1.29 is 9.90 Å². The van der Waals surface area contributed by atoms with Gasteiger partial charge >= 0.3 is 5.97 Å². The maximum absolute atomic E-state index is 11.0. The van der Waals surface area contributed by atoms with Gasteiger partial charge in [-0.1, -0.05) is 29.8 Å². The summed E-state index contributed by atoms with van der Waals surface area (Å²) in [5.41, 5.74) is 3.33. The molecule has 1 aromatic carbocycles. The molecule has 2 rings (SSSR count). The van der Waals surface area contributed by atoms with E-state index in [1.54, 1.807) is 6.92 Å². The van der Waals surface area contributed by atoms with E-state index >= 15 is 0 Å². The van der Waals surface area contributed by atoms with Crippen LogP contribution in [0.25, 0.3) is 0 Å². The predicted octanol–water partition coefficient (Wildman–Crippen LogP) is 2.52. The molecule has 4 nitrogen and oxygen atoms in total. The van der Waals surface area contributed by atoms with Gasteiger partial charge < -0.3 is 9.67 Å². The Hall–Kier alpha value is -2.10. The first-order valence-corrected chi connectivity index (χ1v) is 6.30. The van der Waals surface area contributed by atoms with Crippen LogP contribution in [0, 0.1) is 13.8 Å². The lowest BCUT2D eigenvalue weighted by atomic mass is 10.1. The number of aryl methyl sites for hydroxylation is 3. The molecule has 0 saturated heterocycles. The molecule has 0 bridgehead atoms. The van der Waals surface area contributed by atoms with E-state index in [-0.39, 0.29) is 5.69 Å². The fourth-order valence-electron chi connectivity index (χ4n) is 2.07. The smallest absolute Gasteiger partial charge is 0.356 e. The van der Waals surface area contributed by atoms with Crippen LogP contribution in [-0.4, -0.2) is 20.6 Å². The Balaban J connectivity index is 2.13. The minimum Gasteiger partial charge on any atom is -0.476 e. The van der Waals surface area contributed by atoms with E-state index in [1.807, 2.05) is 11.6 Å². The van der Waals surface area contributed by atoms with E-state index in [2.05, 4.69) is 36.2 Å². The highest BCUT2D eigenvalue weighted by Gasteiger charge is 2.16. The van der Waals surface area contributed by atoms with Crippen molar-refractivity contribution in [1.29, 1.82) is 0 Å². The molecular formula is C15H18N2O2. The molecule has 0 saturated carbocycles. The van der Waals surface area contributed by atoms with Gasteiger partial charge in [0.15, 0.2) is 5.69 Å². The van der Waals surface area contributed by atoms with Gasteiger partial charge in [-0.2, -0.15) is 0 Å². The Morgan fingerprint density at radius 2 is 1.84 bits per heavy atom. The highest BCUT2D eigenvalue weighted by atomic mass is 16.4. The van der Waals surface area contributed by atoms with Crippen molar-refractivity contribution in [3.63, 3.8) is 0 Å². The van der Waals surface area contributed by atoms with Crippen LogP contribution in [-0.2, 0) is 19.9 Å². The molecule has 1 aromatic heterocycles. The van der Waals surface area contributed by atoms with Crippen LogP contribution >= 0.6 is 0 Å². The molecule has 4 heteroatoms. The molecule has 0 spiro atoms. The van der Waals surface area contributed by atoms with Gasteiger partial charge in [0.05, 0.1) is 0 Å². The van der Waals surface area contributed by atoms with Crippen LogP contribution in [0.1, 0.15) is 33.1 Å². The SMILES string of the molecule is Cc1ccc(CCc2nc(C(=O)O)c(C)n2C)cc1. The third kappa shape index (κ3) is 2.84. The zero-order chi connectivity index (χ0) is 14.0. The standard InChI is InChI=1S/C15H18N2O2/c1-10-4-6-12(7-5-10)8-9-13-16-14(15(18)19)11(2)17(13)3/h4-7H,8-9H2,1-3H3,(H,18,19). The minimum atomic E-state index is -0.963. The number of hydrogen-bond donors (Lipinski definition) is 1. The Morgan fingerprint density at radius 1 is 1.21 bits per heavy atom. The Kier molecular flexibility index (Phi) is 3.69. The van der Waals surface area contributed by atoms with Gasteiger partial charge in [0.2, 0.25) is 0 Å². The van der Waals surface area contributed by atoms with Gasteiger partial charge in [-0.15, -0.1) is 0 Å². The van der Waals surface area contributed by atoms with Crippen molar-refractivity contribution >= 4 is 5.97 Å². The van der Waals surface area contributed by atoms with E-state index in [4.69, 9.17) is 5.11 Å². The summed E-state index contributed by atoms with van der Waals surface area (Å²) in [6.45, 7) is 3.84. The first-order chi connectivity index (χ1) is 8.99. The second-order valence-corrected chi connectivity index (χ2v) is 4.81. The maximum Gasteiger partial charge on any atom is 0.356 e. The van der Waals surface area contributed by atoms with Gasteiger partial charge in [0.1, 0.15) is 5.82 Å². The molecule has 0 aliphatic rings. The van der Waals surface area contributed by atoms with Crippen molar-refractivity contribution in [2.24, 2.45) is 7.05 Å². The molecule has 1 N–H and O–H groups in total. The van der Waals surface area contributed by atoms with Crippen LogP contribution < -0.4 is 0 Å². The third-order valence-electron chi connectivity index (χ3n) is 3.43. The summed E-state index contributed by atoms with van der Waals surface area (Å²) >= 11 is 0. The molecule has 0 unspecified atom stereocenters. The lowest BCUT2D eigenvalue weighted by Crippen LogP contribution is -2.02. The van der Waals surface area contributed by atoms with Gasteiger partial charge in [0, 0.05) is 19.2 Å². The van der Waals surface area contributed by atoms with E-state index in [0.717, 1.165) is 18.7 Å². The van der Waals surface area contributed by atoms with Gasteiger partial charge in [0.25, 0.3) is 0 Å². The molecule has 19 heavy (non-hydrogen) atoms. The van der Waals surface area contributed by atoms with Crippen molar-refractivity contribution in [2.45, 2.75) is 26.7 Å². The molecule has 0 amide bonds. The molecule has 0 fully saturated rings. The number of carboxylic acid groups (broad SMARTS) is 1. The van der Waals surface area contributed by atoms with Crippen molar-refractivity contribution in [3.05, 3.63) is 52.6 Å². The number of aromatic carboxylic acids is 1. The molecular weight excluding hydrogens is 240 g/mol. The Labute approximate surface area is 112 Å². The summed E-state index contributed by atoms with van der Waals surface area (Å²) < 4.78 is 1.86. The lowest BCUT2D eigenvalue weighted by molar-refractivity contribution is 0.0690. The fourth-order valence-corrected chi connectivity index (χ4v) is 2.07. The Morgan fingerprint density at radius 3 is 2.37 bits per heavy atom. The van der Waals surface area contributed by atoms with Crippen LogP contribution in [0.2, 0.25) is 0 Å². The van der Waals surface area contributed by atoms with Crippen LogP contribution in [0.15, 0.2) is 24.3 Å². The highest BCUT2D eigenvalue weighted by Crippen LogP contribution is 2.12. The lowest BCUT2D eigenvalue weighted by Gasteiger charge is -2.04. The summed E-state index contributed by atoms with van der Waals surface area (Å²) in [5, 5.41) is 9.04. The molecule has 0 atom stereocenters. The van der Waals surface area contributed by atoms with E-state index in [0.29, 0.717) is 5.69 Å². The molecule has 100 valence electrons. The van der Waals surface area contributed by atoms with Crippen LogP contribution in [0.4, 0.5) is 0 Å². The van der Waals surface area contributed by atoms with Gasteiger partial charge in [-0.25, -0.2) is 9.78 Å². The second kappa shape index (κ2) is 5.26. The monoisotopic (exact) mass is 258 g/mol. The minimum absolute atomic E-state index is 0.154. The number of nitrogens with zero attached hydrogens (tertiary/aromatic N) is 2. The summed E-state index contributed by atoms with van der Waals surface area (Å²) in [5.74, 6) is -0.148. The summed E-state index contributed by atoms with van der Waals surface area (Å²) in [6.07, 6.45) is 1.61. The first kappa shape index (κ1) is 13.3. The zero-order valence-electron chi connectivity index (χ0n) is 11.5. The number of benzene rings is 1. The fraction of sp³-hybridized carbons (Fsp3) is 0.333. The zero-order valence-corrected chi connectivity index (χ0v) is 11.5. The maximum atomic E-state index is 11.0. The number of carboxylic acids is 1. The quantitative estimate of drug-likeness (QED) is 0.916. The molecule has 0 aliphatic heterocycles. The number of aromatic nitrogens is 2. The average Bonchev–Trinajstić information content (AvgIpc) is 2.66. The average molecular weight is 258 g/mol. The number of rotatable bonds is 4. The normalized spacial score (nSPS) is 10.7. The summed E-state index contributed by atoms with van der Waals surface area (Å²) in [4.78, 5) is 15.2. The molecule has 2 aromatic rings. The predicted molar refractivity (Wildman–Crippen MR) is 73.5 cm³/mol. The van der Waals surface area contributed by atoms with Crippen molar-refractivity contribution in [2.75, 3.05) is 0 Å². The summed E-state index contributed by atoms with van der Waals surface area (Å²) in [7, 11) is 1.86. The van der Waals surface area contributed by atoms with Gasteiger partial charge in [-0.3, -0.25) is 0 Å². The Bertz CT molecular complexity index is 597. The van der Waals surface area contributed by atoms with Crippen molar-refractivity contribution in [3.8, 4) is 0 Å². The van der Waals surface area contributed by atoms with Crippen LogP contribution in [0.5, 0.6) is 0 Å². The number of imidazole rings is 1. The molecule has 0 aliphatic carbocycles. The topological polar surface area (TPSA) is 55.1 Å². The summed E-state index contributed by atoms with van der Waals surface area (Å²) in [6, 6.07) is 8.37. The second-order valence-electron chi connectivity index (χ2n) is 4.81. The number of carbonyl (C=O) groups is 1. The molecule has 0 radical (unpaired) electrons. The van der Waals surface area contributed by atoms with Gasteiger partial charge in [-0.05, 0) is 25.8 Å². The van der Waals surface area contributed by atoms with Crippen LogP contribution in [0.3, 0.4) is 0 Å². The van der Waals surface area contributed by atoms with Crippen molar-refractivity contribution in [1.82, 2.24) is 9.55 Å². The van der Waals surface area contributed by atoms with E-state index in [9.17, 15) is 4.79 Å². The van der Waals surface area contributed by atoms with E-state index < -0.39 is 5.97 Å². The number of hydrogen-bond acceptors (Lipinski definition) is 2. The highest BCUT2D eigenvalue weighted by molar-refractivity contribution is 5.86.